The molecule has 0 aliphatic heterocycles. The third-order valence-corrected chi connectivity index (χ3v) is 18.9. The maximum absolute atomic E-state index is 10.9. The second-order valence-corrected chi connectivity index (χ2v) is 24.6. The quantitative estimate of drug-likeness (QED) is 0.115. The average molecular weight is 1320 g/mol. The Labute approximate surface area is 596 Å². The van der Waals surface area contributed by atoms with Gasteiger partial charge in [0.05, 0.1) is 101 Å². The van der Waals surface area contributed by atoms with E-state index in [-0.39, 0.29) is 0 Å². The highest BCUT2D eigenvalue weighted by atomic mass is 15.0. The van der Waals surface area contributed by atoms with Crippen LogP contribution in [0.3, 0.4) is 0 Å². The summed E-state index contributed by atoms with van der Waals surface area (Å²) in [5, 5.41) is 54.5. The maximum Gasteiger partial charge on any atom is 0.196 e. The lowest BCUT2D eigenvalue weighted by Gasteiger charge is -2.20. The molecule has 0 atom stereocenters. The molecule has 14 nitrogen and oxygen atoms in total. The number of aromatic nitrogens is 5. The molecule has 14 heteroatoms. The Bertz CT molecular complexity index is 6470. The van der Waals surface area contributed by atoms with Crippen molar-refractivity contribution in [2.75, 3.05) is 0 Å². The highest BCUT2D eigenvalue weighted by Gasteiger charge is 2.26. The molecule has 0 N–H and O–H groups in total. The molecule has 0 saturated heterocycles. The smallest absolute Gasteiger partial charge is 0.196 e. The van der Waals surface area contributed by atoms with Crippen LogP contribution in [0.15, 0.2) is 267 Å². The van der Waals surface area contributed by atoms with Gasteiger partial charge in [-0.2, -0.15) is 26.3 Å². The predicted octanol–water partition coefficient (Wildman–Crippen LogP) is 22.6. The molecule has 3 aromatic heterocycles. The van der Waals surface area contributed by atoms with Gasteiger partial charge in [-0.3, -0.25) is 0 Å². The van der Waals surface area contributed by atoms with Crippen molar-refractivity contribution < 1.29 is 0 Å². The van der Waals surface area contributed by atoms with Crippen LogP contribution in [0.25, 0.3) is 175 Å². The van der Waals surface area contributed by atoms with Gasteiger partial charge in [-0.05, 0) is 183 Å². The van der Waals surface area contributed by atoms with E-state index < -0.39 is 0 Å². The molecular formula is C90H44N14. The lowest BCUT2D eigenvalue weighted by Crippen LogP contribution is -2.04. The normalized spacial score (nSPS) is 10.8. The van der Waals surface area contributed by atoms with Gasteiger partial charge in [0.2, 0.25) is 0 Å². The Balaban J connectivity index is 1.03. The van der Waals surface area contributed by atoms with Crippen molar-refractivity contribution >= 4 is 66.4 Å². The SMILES string of the molecule is [C-]#[N+]c1ccc(-c2ccc3c(c2)c2cc(-c4ccc(C#N)cc4[N+]#[C-])ccc2n3-c2ccc(-c3nc(-c4ccccc4)nc(-c4ccccc4)n3)c(-c3cc(-c4ccccc4C#N)ccc3-n3c4ccc(-c5ccc(C#N)cc5C#N)cc4c4cc(-c5ccc(C#N)cc5[N+]#[C-])ccc43)c2)c([N+]#[C-])c1. The highest BCUT2D eigenvalue weighted by Crippen LogP contribution is 2.48. The first-order valence-corrected chi connectivity index (χ1v) is 32.6. The Hall–Kier alpha value is -16.1. The summed E-state index contributed by atoms with van der Waals surface area (Å²) >= 11 is 0. The number of rotatable bonds is 11. The minimum absolute atomic E-state index is 0.308. The molecule has 0 aliphatic rings. The van der Waals surface area contributed by atoms with Gasteiger partial charge in [0.25, 0.3) is 0 Å². The second-order valence-electron chi connectivity index (χ2n) is 24.6. The largest absolute Gasteiger partial charge is 0.309 e. The van der Waals surface area contributed by atoms with Crippen molar-refractivity contribution in [2.45, 2.75) is 0 Å². The van der Waals surface area contributed by atoms with Crippen LogP contribution >= 0.6 is 0 Å². The molecule has 0 bridgehead atoms. The summed E-state index contributed by atoms with van der Waals surface area (Å²) in [6.45, 7) is 32.5. The van der Waals surface area contributed by atoms with E-state index in [9.17, 15) is 26.3 Å². The zero-order valence-corrected chi connectivity index (χ0v) is 54.7. The van der Waals surface area contributed by atoms with Crippen molar-refractivity contribution in [3.63, 3.8) is 0 Å². The van der Waals surface area contributed by atoms with Gasteiger partial charge in [-0.1, -0.05) is 146 Å². The molecule has 0 aliphatic carbocycles. The van der Waals surface area contributed by atoms with Crippen LogP contribution in [0.1, 0.15) is 27.8 Å². The summed E-state index contributed by atoms with van der Waals surface area (Å²) in [7, 11) is 0. The molecule has 0 fully saturated rings. The fraction of sp³-hybridized carbons (Fsp3) is 0. The lowest BCUT2D eigenvalue weighted by molar-refractivity contribution is 1.07. The van der Waals surface area contributed by atoms with E-state index >= 15 is 0 Å². The number of benzene rings is 13. The molecule has 13 aromatic carbocycles. The first-order chi connectivity index (χ1) is 51.1. The summed E-state index contributed by atoms with van der Waals surface area (Å²) in [5.74, 6) is 1.22. The molecule has 0 spiro atoms. The van der Waals surface area contributed by atoms with Gasteiger partial charge in [-0.25, -0.2) is 34.3 Å². The molecule has 16 rings (SSSR count). The lowest BCUT2D eigenvalue weighted by atomic mass is 9.91. The Morgan fingerprint density at radius 1 is 0.269 bits per heavy atom. The summed E-state index contributed by atoms with van der Waals surface area (Å²) < 4.78 is 4.39. The fourth-order valence-corrected chi connectivity index (χ4v) is 14.0. The first kappa shape index (κ1) is 62.7. The average Bonchev–Trinajstić information content (AvgIpc) is 1.59. The van der Waals surface area contributed by atoms with E-state index in [1.165, 1.54) is 0 Å². The molecule has 0 saturated carbocycles. The van der Waals surface area contributed by atoms with Crippen molar-refractivity contribution in [3.8, 4) is 143 Å². The van der Waals surface area contributed by atoms with Gasteiger partial charge in [-0.15, -0.1) is 0 Å². The summed E-state index contributed by atoms with van der Waals surface area (Å²) in [4.78, 5) is 31.2. The molecule has 104 heavy (non-hydrogen) atoms. The standard InChI is InChI=1S/C90H44N14/c1-96-66-27-32-72(82(47-66)99-4)63-25-35-84-77(45-63)76-44-61(70-30-20-55(50-92)40-80(70)97-2)24-34-83(76)103(84)67-28-33-73(90-101-88(57-13-7-5-8-14-57)100-89(102-90)58-15-9-6-10-16-58)74(48-67)75-42-59(68-18-12-11-17-64(68)52-94)22-36-85(75)104-86-37-23-60(69-29-19-54(49-91)39-65(69)53-95)43-78(86)79-46-62(26-38-87(79)104)71-31-21-56(51-93)41-81(71)98-3/h5-48H. The van der Waals surface area contributed by atoms with Crippen molar-refractivity contribution in [1.29, 1.82) is 26.3 Å². The maximum atomic E-state index is 10.9. The molecule has 0 unspecified atom stereocenters. The van der Waals surface area contributed by atoms with E-state index in [0.717, 1.165) is 82.6 Å². The topological polar surface area (TPSA) is 185 Å². The Morgan fingerprint density at radius 2 is 0.683 bits per heavy atom. The van der Waals surface area contributed by atoms with Crippen LogP contribution in [-0.4, -0.2) is 24.1 Å². The highest BCUT2D eigenvalue weighted by molar-refractivity contribution is 6.14. The van der Waals surface area contributed by atoms with E-state index in [2.05, 4.69) is 95.3 Å². The van der Waals surface area contributed by atoms with Gasteiger partial charge < -0.3 is 9.13 Å². The zero-order chi connectivity index (χ0) is 71.1. The van der Waals surface area contributed by atoms with Crippen molar-refractivity contribution in [3.05, 3.63) is 340 Å². The number of nitrogens with zero attached hydrogens (tertiary/aromatic N) is 14. The summed E-state index contributed by atoms with van der Waals surface area (Å²) in [5.41, 5.74) is 18.1. The third-order valence-electron chi connectivity index (χ3n) is 18.9. The van der Waals surface area contributed by atoms with Gasteiger partial charge >= 0.3 is 0 Å². The zero-order valence-electron chi connectivity index (χ0n) is 54.7. The Kier molecular flexibility index (Phi) is 15.7. The van der Waals surface area contributed by atoms with Crippen LogP contribution in [0, 0.1) is 82.9 Å². The van der Waals surface area contributed by atoms with Crippen LogP contribution < -0.4 is 0 Å². The minimum Gasteiger partial charge on any atom is -0.309 e. The first-order valence-electron chi connectivity index (χ1n) is 32.6. The van der Waals surface area contributed by atoms with Crippen LogP contribution in [0.2, 0.25) is 0 Å². The number of hydrogen-bond donors (Lipinski definition) is 0. The van der Waals surface area contributed by atoms with Crippen LogP contribution in [0.5, 0.6) is 0 Å². The molecular weight excluding hydrogens is 1280 g/mol. The van der Waals surface area contributed by atoms with Crippen LogP contribution in [0.4, 0.5) is 22.7 Å². The van der Waals surface area contributed by atoms with Crippen LogP contribution in [-0.2, 0) is 0 Å². The van der Waals surface area contributed by atoms with Gasteiger partial charge in [0.15, 0.2) is 40.2 Å². The summed E-state index contributed by atoms with van der Waals surface area (Å²) in [6, 6.07) is 95.3. The van der Waals surface area contributed by atoms with Crippen molar-refractivity contribution in [2.24, 2.45) is 0 Å². The fourth-order valence-electron chi connectivity index (χ4n) is 14.0. The van der Waals surface area contributed by atoms with E-state index in [1.54, 1.807) is 78.9 Å². The molecule has 474 valence electrons. The number of nitriles is 5. The third kappa shape index (κ3) is 10.8. The van der Waals surface area contributed by atoms with E-state index in [0.29, 0.717) is 124 Å². The second kappa shape index (κ2) is 26.0. The molecule has 0 radical (unpaired) electrons. The molecule has 0 amide bonds. The monoisotopic (exact) mass is 1320 g/mol. The minimum atomic E-state index is 0.308. The summed E-state index contributed by atoms with van der Waals surface area (Å²) in [6.07, 6.45) is 0. The molecule has 3 heterocycles. The van der Waals surface area contributed by atoms with E-state index in [4.69, 9.17) is 41.2 Å². The number of hydrogen-bond acceptors (Lipinski definition) is 8. The van der Waals surface area contributed by atoms with Gasteiger partial charge in [0, 0.05) is 60.6 Å². The number of fused-ring (bicyclic) bond motifs is 6. The Morgan fingerprint density at radius 3 is 1.18 bits per heavy atom. The van der Waals surface area contributed by atoms with E-state index in [1.807, 2.05) is 152 Å². The van der Waals surface area contributed by atoms with Crippen molar-refractivity contribution in [1.82, 2.24) is 24.1 Å². The van der Waals surface area contributed by atoms with Gasteiger partial charge in [0.1, 0.15) is 0 Å². The predicted molar refractivity (Wildman–Crippen MR) is 406 cm³/mol. The molecule has 16 aromatic rings.